The Bertz CT molecular complexity index is 490. The number of nitrogens with one attached hydrogen (secondary N) is 1. The largest absolute Gasteiger partial charge is 0.393 e. The van der Waals surface area contributed by atoms with E-state index in [4.69, 9.17) is 11.6 Å². The van der Waals surface area contributed by atoms with E-state index in [-0.39, 0.29) is 18.1 Å². The Hall–Kier alpha value is -1.06. The zero-order chi connectivity index (χ0) is 14.3. The Kier molecular flexibility index (Phi) is 3.74. The van der Waals surface area contributed by atoms with Crippen LogP contribution in [0.1, 0.15) is 36.5 Å². The molecular weight excluding hydrogens is 274 g/mol. The summed E-state index contributed by atoms with van der Waals surface area (Å²) in [6, 6.07) is 7.20. The number of amides is 1. The minimum absolute atomic E-state index is 0.0287. The molecule has 3 nitrogen and oxygen atoms in total. The van der Waals surface area contributed by atoms with Gasteiger partial charge in [0.25, 0.3) is 5.91 Å². The lowest BCUT2D eigenvalue weighted by molar-refractivity contribution is 0.0922. The van der Waals surface area contributed by atoms with Gasteiger partial charge in [0.2, 0.25) is 0 Å². The number of carbonyl (C=O) groups excluding carboxylic acids is 1. The normalized spacial score (nSPS) is 32.5. The van der Waals surface area contributed by atoms with Crippen molar-refractivity contribution < 1.29 is 9.90 Å². The van der Waals surface area contributed by atoms with Crippen molar-refractivity contribution in [3.8, 4) is 0 Å². The lowest BCUT2D eigenvalue weighted by Crippen LogP contribution is -2.37. The summed E-state index contributed by atoms with van der Waals surface area (Å²) in [6.45, 7) is 2.11. The van der Waals surface area contributed by atoms with Gasteiger partial charge >= 0.3 is 0 Å². The summed E-state index contributed by atoms with van der Waals surface area (Å²) in [7, 11) is 0. The number of benzene rings is 1. The topological polar surface area (TPSA) is 49.3 Å². The van der Waals surface area contributed by atoms with Crippen LogP contribution in [-0.4, -0.2) is 23.2 Å². The second-order valence-corrected chi connectivity index (χ2v) is 6.46. The third-order valence-corrected chi connectivity index (χ3v) is 5.07. The molecule has 5 atom stereocenters. The molecule has 108 valence electrons. The van der Waals surface area contributed by atoms with E-state index in [1.807, 2.05) is 0 Å². The van der Waals surface area contributed by atoms with Gasteiger partial charge in [-0.05, 0) is 61.3 Å². The average Bonchev–Trinajstić information content (AvgIpc) is 2.92. The Morgan fingerprint density at radius 2 is 1.95 bits per heavy atom. The van der Waals surface area contributed by atoms with Crippen LogP contribution in [0.25, 0.3) is 0 Å². The number of fused-ring (bicyclic) bond motifs is 1. The standard InChI is InChI=1S/C16H20ClNO2/c1-2-14(15-12-7-11(19)8-13(12)15)18-16(20)9-3-5-10(17)6-4-9/h3-6,11-15,19H,2,7-8H2,1H3,(H,18,20)/t11?,12-,13+,14?,15?. The van der Waals surface area contributed by atoms with Crippen molar-refractivity contribution in [3.05, 3.63) is 34.9 Å². The van der Waals surface area contributed by atoms with Crippen molar-refractivity contribution in [1.82, 2.24) is 5.32 Å². The SMILES string of the molecule is CCC(NC(=O)c1ccc(Cl)cc1)C1[C@H]2CC(O)C[C@@H]12. The molecule has 20 heavy (non-hydrogen) atoms. The highest BCUT2D eigenvalue weighted by atomic mass is 35.5. The first-order valence-electron chi connectivity index (χ1n) is 7.34. The molecule has 0 aliphatic heterocycles. The Balaban J connectivity index is 1.61. The van der Waals surface area contributed by atoms with Crippen LogP contribution in [0.2, 0.25) is 5.02 Å². The molecular formula is C16H20ClNO2. The summed E-state index contributed by atoms with van der Waals surface area (Å²) in [5.41, 5.74) is 0.652. The van der Waals surface area contributed by atoms with E-state index in [1.54, 1.807) is 24.3 Å². The van der Waals surface area contributed by atoms with Crippen LogP contribution in [0.5, 0.6) is 0 Å². The van der Waals surface area contributed by atoms with Crippen LogP contribution >= 0.6 is 11.6 Å². The maximum absolute atomic E-state index is 12.2. The van der Waals surface area contributed by atoms with Gasteiger partial charge in [0.05, 0.1) is 6.10 Å². The number of aliphatic hydroxyl groups is 1. The smallest absolute Gasteiger partial charge is 0.251 e. The maximum Gasteiger partial charge on any atom is 0.251 e. The molecule has 0 bridgehead atoms. The summed E-state index contributed by atoms with van der Waals surface area (Å²) >= 11 is 5.83. The summed E-state index contributed by atoms with van der Waals surface area (Å²) in [5.74, 6) is 1.75. The molecule has 2 fully saturated rings. The van der Waals surface area contributed by atoms with Gasteiger partial charge in [0, 0.05) is 16.6 Å². The molecule has 0 spiro atoms. The van der Waals surface area contributed by atoms with Crippen LogP contribution in [0.4, 0.5) is 0 Å². The van der Waals surface area contributed by atoms with Crippen LogP contribution in [0.3, 0.4) is 0 Å². The van der Waals surface area contributed by atoms with Crippen molar-refractivity contribution in [2.24, 2.45) is 17.8 Å². The molecule has 2 aliphatic carbocycles. The minimum atomic E-state index is -0.120. The quantitative estimate of drug-likeness (QED) is 0.897. The fourth-order valence-corrected chi connectivity index (χ4v) is 3.91. The molecule has 1 amide bonds. The highest BCUT2D eigenvalue weighted by molar-refractivity contribution is 6.30. The lowest BCUT2D eigenvalue weighted by Gasteiger charge is -2.20. The third kappa shape index (κ3) is 2.57. The van der Waals surface area contributed by atoms with Gasteiger partial charge in [-0.25, -0.2) is 0 Å². The fraction of sp³-hybridized carbons (Fsp3) is 0.562. The number of carbonyl (C=O) groups is 1. The van der Waals surface area contributed by atoms with Crippen LogP contribution in [0, 0.1) is 17.8 Å². The molecule has 1 aromatic rings. The second-order valence-electron chi connectivity index (χ2n) is 6.03. The Morgan fingerprint density at radius 3 is 2.50 bits per heavy atom. The number of aliphatic hydroxyl groups excluding tert-OH is 1. The van der Waals surface area contributed by atoms with Crippen LogP contribution in [0.15, 0.2) is 24.3 Å². The maximum atomic E-state index is 12.2. The minimum Gasteiger partial charge on any atom is -0.393 e. The van der Waals surface area contributed by atoms with Crippen molar-refractivity contribution in [1.29, 1.82) is 0 Å². The first kappa shape index (κ1) is 13.9. The van der Waals surface area contributed by atoms with Crippen LogP contribution < -0.4 is 5.32 Å². The first-order chi connectivity index (χ1) is 9.60. The van der Waals surface area contributed by atoms with Gasteiger partial charge in [-0.15, -0.1) is 0 Å². The number of halogens is 1. The van der Waals surface area contributed by atoms with Gasteiger partial charge in [0.15, 0.2) is 0 Å². The summed E-state index contributed by atoms with van der Waals surface area (Å²) in [6.07, 6.45) is 2.63. The van der Waals surface area contributed by atoms with Crippen molar-refractivity contribution in [3.63, 3.8) is 0 Å². The number of hydrogen-bond acceptors (Lipinski definition) is 2. The Labute approximate surface area is 124 Å². The van der Waals surface area contributed by atoms with Gasteiger partial charge in [0.1, 0.15) is 0 Å². The van der Waals surface area contributed by atoms with Gasteiger partial charge in [-0.2, -0.15) is 0 Å². The third-order valence-electron chi connectivity index (χ3n) is 4.81. The van der Waals surface area contributed by atoms with E-state index in [9.17, 15) is 9.90 Å². The molecule has 4 heteroatoms. The Morgan fingerprint density at radius 1 is 1.35 bits per heavy atom. The molecule has 0 aromatic heterocycles. The lowest BCUT2D eigenvalue weighted by atomic mass is 10.0. The van der Waals surface area contributed by atoms with Gasteiger partial charge in [-0.1, -0.05) is 18.5 Å². The van der Waals surface area contributed by atoms with Crippen LogP contribution in [-0.2, 0) is 0 Å². The van der Waals surface area contributed by atoms with E-state index >= 15 is 0 Å². The molecule has 0 radical (unpaired) electrons. The van der Waals surface area contributed by atoms with E-state index in [2.05, 4.69) is 12.2 Å². The zero-order valence-electron chi connectivity index (χ0n) is 11.6. The van der Waals surface area contributed by atoms with E-state index in [0.29, 0.717) is 28.3 Å². The predicted octanol–water partition coefficient (Wildman–Crippen LogP) is 2.87. The molecule has 0 heterocycles. The molecule has 2 saturated carbocycles. The summed E-state index contributed by atoms with van der Waals surface area (Å²) in [4.78, 5) is 12.2. The summed E-state index contributed by atoms with van der Waals surface area (Å²) in [5, 5.41) is 13.4. The van der Waals surface area contributed by atoms with E-state index in [1.165, 1.54) is 0 Å². The van der Waals surface area contributed by atoms with Crippen molar-refractivity contribution in [2.45, 2.75) is 38.3 Å². The highest BCUT2D eigenvalue weighted by Crippen LogP contribution is 2.59. The number of hydrogen-bond donors (Lipinski definition) is 2. The predicted molar refractivity (Wildman–Crippen MR) is 78.7 cm³/mol. The molecule has 3 unspecified atom stereocenters. The molecule has 0 saturated heterocycles. The van der Waals surface area contributed by atoms with Crippen molar-refractivity contribution in [2.75, 3.05) is 0 Å². The highest BCUT2D eigenvalue weighted by Gasteiger charge is 2.58. The van der Waals surface area contributed by atoms with Gasteiger partial charge in [-0.3, -0.25) is 4.79 Å². The fourth-order valence-electron chi connectivity index (χ4n) is 3.78. The van der Waals surface area contributed by atoms with E-state index in [0.717, 1.165) is 19.3 Å². The average molecular weight is 294 g/mol. The number of rotatable bonds is 4. The molecule has 1 aromatic carbocycles. The molecule has 3 rings (SSSR count). The van der Waals surface area contributed by atoms with Crippen molar-refractivity contribution >= 4 is 17.5 Å². The molecule has 2 aliphatic rings. The summed E-state index contributed by atoms with van der Waals surface area (Å²) < 4.78 is 0. The van der Waals surface area contributed by atoms with Gasteiger partial charge < -0.3 is 10.4 Å². The first-order valence-corrected chi connectivity index (χ1v) is 7.72. The monoisotopic (exact) mass is 293 g/mol. The zero-order valence-corrected chi connectivity index (χ0v) is 12.3. The second kappa shape index (κ2) is 5.38. The molecule has 2 N–H and O–H groups in total. The van der Waals surface area contributed by atoms with E-state index < -0.39 is 0 Å².